The number of hydrogen-bond acceptors (Lipinski definition) is 4. The van der Waals surface area contributed by atoms with E-state index in [1.165, 1.54) is 5.56 Å². The number of hydrogen-bond donors (Lipinski definition) is 1. The van der Waals surface area contributed by atoms with Crippen molar-refractivity contribution in [2.45, 2.75) is 38.8 Å². The van der Waals surface area contributed by atoms with E-state index in [1.807, 2.05) is 6.07 Å². The molecule has 1 saturated heterocycles. The Morgan fingerprint density at radius 2 is 1.90 bits per heavy atom. The molecule has 0 bridgehead atoms. The first kappa shape index (κ1) is 16.1. The molecule has 21 heavy (non-hydrogen) atoms. The summed E-state index contributed by atoms with van der Waals surface area (Å²) in [5.74, 6) is 2.19. The smallest absolute Gasteiger partial charge is 0.160 e. The maximum Gasteiger partial charge on any atom is 0.160 e. The Morgan fingerprint density at radius 1 is 1.19 bits per heavy atom. The van der Waals surface area contributed by atoms with Crippen LogP contribution in [0.1, 0.15) is 25.8 Å². The molecular weight excluding hydrogens is 264 g/mol. The molecule has 1 heterocycles. The Morgan fingerprint density at radius 3 is 2.52 bits per heavy atom. The van der Waals surface area contributed by atoms with Gasteiger partial charge in [0.15, 0.2) is 11.5 Å². The molecule has 1 aliphatic rings. The van der Waals surface area contributed by atoms with E-state index in [0.717, 1.165) is 37.4 Å². The second-order valence-corrected chi connectivity index (χ2v) is 6.30. The molecule has 2 unspecified atom stereocenters. The highest BCUT2D eigenvalue weighted by Gasteiger charge is 2.26. The normalized spacial score (nSPS) is 23.3. The van der Waals surface area contributed by atoms with Crippen molar-refractivity contribution in [1.82, 2.24) is 4.90 Å². The molecule has 0 aromatic heterocycles. The Kier molecular flexibility index (Phi) is 5.48. The molecule has 0 saturated carbocycles. The molecule has 2 atom stereocenters. The van der Waals surface area contributed by atoms with Gasteiger partial charge < -0.3 is 15.2 Å². The highest BCUT2D eigenvalue weighted by atomic mass is 16.5. The Labute approximate surface area is 128 Å². The molecule has 1 fully saturated rings. The van der Waals surface area contributed by atoms with Crippen LogP contribution in [-0.4, -0.2) is 44.3 Å². The van der Waals surface area contributed by atoms with E-state index < -0.39 is 0 Å². The molecule has 2 rings (SSSR count). The number of nitrogens with zero attached hydrogens (tertiary/aromatic N) is 1. The lowest BCUT2D eigenvalue weighted by atomic mass is 9.88. The van der Waals surface area contributed by atoms with Gasteiger partial charge in [-0.1, -0.05) is 6.07 Å². The average molecular weight is 292 g/mol. The van der Waals surface area contributed by atoms with Gasteiger partial charge in [0.2, 0.25) is 0 Å². The Balaban J connectivity index is 2.06. The zero-order valence-electron chi connectivity index (χ0n) is 13.6. The summed E-state index contributed by atoms with van der Waals surface area (Å²) in [6.45, 7) is 6.62. The van der Waals surface area contributed by atoms with Crippen molar-refractivity contribution in [3.63, 3.8) is 0 Å². The zero-order chi connectivity index (χ0) is 15.4. The molecule has 4 heteroatoms. The van der Waals surface area contributed by atoms with Gasteiger partial charge in [0.05, 0.1) is 14.2 Å². The Hall–Kier alpha value is -1.26. The zero-order valence-corrected chi connectivity index (χ0v) is 13.6. The van der Waals surface area contributed by atoms with Gasteiger partial charge in [0, 0.05) is 25.2 Å². The number of methoxy groups -OCH3 is 2. The van der Waals surface area contributed by atoms with Gasteiger partial charge in [0.25, 0.3) is 0 Å². The van der Waals surface area contributed by atoms with E-state index in [1.54, 1.807) is 14.2 Å². The standard InChI is InChI=1S/C17H28N2O2/c1-12(2)19-10-14(8-15(18)11-19)7-13-5-6-16(20-3)17(9-13)21-4/h5-6,9,12,14-15H,7-8,10-11,18H2,1-4H3. The molecule has 1 aromatic rings. The van der Waals surface area contributed by atoms with Crippen molar-refractivity contribution in [2.24, 2.45) is 11.7 Å². The summed E-state index contributed by atoms with van der Waals surface area (Å²) < 4.78 is 10.7. The molecule has 0 radical (unpaired) electrons. The maximum atomic E-state index is 6.22. The van der Waals surface area contributed by atoms with E-state index in [-0.39, 0.29) is 6.04 Å². The number of likely N-dealkylation sites (tertiary alicyclic amines) is 1. The molecule has 4 nitrogen and oxygen atoms in total. The summed E-state index contributed by atoms with van der Waals surface area (Å²) in [5, 5.41) is 0. The van der Waals surface area contributed by atoms with Crippen molar-refractivity contribution in [1.29, 1.82) is 0 Å². The largest absolute Gasteiger partial charge is 0.493 e. The number of piperidine rings is 1. The van der Waals surface area contributed by atoms with Crippen molar-refractivity contribution in [3.8, 4) is 11.5 Å². The fourth-order valence-corrected chi connectivity index (χ4v) is 3.20. The first-order chi connectivity index (χ1) is 10.0. The first-order valence-corrected chi connectivity index (χ1v) is 7.74. The van der Waals surface area contributed by atoms with Crippen LogP contribution in [-0.2, 0) is 6.42 Å². The Bertz CT molecular complexity index is 462. The molecule has 0 aliphatic carbocycles. The molecular formula is C17H28N2O2. The molecule has 0 spiro atoms. The fraction of sp³-hybridized carbons (Fsp3) is 0.647. The third-order valence-electron chi connectivity index (χ3n) is 4.30. The van der Waals surface area contributed by atoms with Gasteiger partial charge in [-0.2, -0.15) is 0 Å². The predicted octanol–water partition coefficient (Wildman–Crippen LogP) is 2.30. The molecule has 0 amide bonds. The van der Waals surface area contributed by atoms with Gasteiger partial charge in [-0.05, 0) is 50.3 Å². The van der Waals surface area contributed by atoms with Gasteiger partial charge in [-0.15, -0.1) is 0 Å². The van der Waals surface area contributed by atoms with Crippen LogP contribution in [0.15, 0.2) is 18.2 Å². The summed E-state index contributed by atoms with van der Waals surface area (Å²) in [7, 11) is 3.34. The fourth-order valence-electron chi connectivity index (χ4n) is 3.20. The number of ether oxygens (including phenoxy) is 2. The highest BCUT2D eigenvalue weighted by molar-refractivity contribution is 5.43. The minimum Gasteiger partial charge on any atom is -0.493 e. The van der Waals surface area contributed by atoms with E-state index in [9.17, 15) is 0 Å². The van der Waals surface area contributed by atoms with Crippen LogP contribution in [0.5, 0.6) is 11.5 Å². The second kappa shape index (κ2) is 7.14. The van der Waals surface area contributed by atoms with Gasteiger partial charge in [-0.25, -0.2) is 0 Å². The van der Waals surface area contributed by atoms with Crippen LogP contribution in [0, 0.1) is 5.92 Å². The van der Waals surface area contributed by atoms with Gasteiger partial charge >= 0.3 is 0 Å². The molecule has 1 aromatic carbocycles. The number of nitrogens with two attached hydrogens (primary N) is 1. The number of benzene rings is 1. The minimum absolute atomic E-state index is 0.284. The summed E-state index contributed by atoms with van der Waals surface area (Å²) in [6.07, 6.45) is 2.13. The van der Waals surface area contributed by atoms with Crippen LogP contribution in [0.4, 0.5) is 0 Å². The van der Waals surface area contributed by atoms with Crippen molar-refractivity contribution < 1.29 is 9.47 Å². The molecule has 1 aliphatic heterocycles. The lowest BCUT2D eigenvalue weighted by Crippen LogP contribution is -2.50. The van der Waals surface area contributed by atoms with Crippen molar-refractivity contribution in [3.05, 3.63) is 23.8 Å². The summed E-state index contributed by atoms with van der Waals surface area (Å²) in [4.78, 5) is 2.49. The van der Waals surface area contributed by atoms with E-state index in [4.69, 9.17) is 15.2 Å². The quantitative estimate of drug-likeness (QED) is 0.904. The first-order valence-electron chi connectivity index (χ1n) is 7.74. The average Bonchev–Trinajstić information content (AvgIpc) is 2.46. The van der Waals surface area contributed by atoms with Crippen LogP contribution in [0.2, 0.25) is 0 Å². The third kappa shape index (κ3) is 4.11. The highest BCUT2D eigenvalue weighted by Crippen LogP contribution is 2.30. The molecule has 2 N–H and O–H groups in total. The van der Waals surface area contributed by atoms with Gasteiger partial charge in [-0.3, -0.25) is 4.90 Å². The van der Waals surface area contributed by atoms with Crippen LogP contribution in [0.3, 0.4) is 0 Å². The van der Waals surface area contributed by atoms with Crippen LogP contribution < -0.4 is 15.2 Å². The van der Waals surface area contributed by atoms with Gasteiger partial charge in [0.1, 0.15) is 0 Å². The molecule has 118 valence electrons. The SMILES string of the molecule is COc1ccc(CC2CC(N)CN(C(C)C)C2)cc1OC. The van der Waals surface area contributed by atoms with Crippen LogP contribution in [0.25, 0.3) is 0 Å². The van der Waals surface area contributed by atoms with E-state index in [0.29, 0.717) is 12.0 Å². The van der Waals surface area contributed by atoms with E-state index in [2.05, 4.69) is 30.9 Å². The summed E-state index contributed by atoms with van der Waals surface area (Å²) in [5.41, 5.74) is 7.51. The maximum absolute atomic E-state index is 6.22. The van der Waals surface area contributed by atoms with Crippen molar-refractivity contribution >= 4 is 0 Å². The number of rotatable bonds is 5. The summed E-state index contributed by atoms with van der Waals surface area (Å²) >= 11 is 0. The van der Waals surface area contributed by atoms with E-state index >= 15 is 0 Å². The summed E-state index contributed by atoms with van der Waals surface area (Å²) in [6, 6.07) is 7.03. The second-order valence-electron chi connectivity index (χ2n) is 6.30. The lowest BCUT2D eigenvalue weighted by molar-refractivity contribution is 0.124. The third-order valence-corrected chi connectivity index (χ3v) is 4.30. The van der Waals surface area contributed by atoms with Crippen LogP contribution >= 0.6 is 0 Å². The monoisotopic (exact) mass is 292 g/mol. The lowest BCUT2D eigenvalue weighted by Gasteiger charge is -2.38. The minimum atomic E-state index is 0.284. The topological polar surface area (TPSA) is 47.7 Å². The predicted molar refractivity (Wildman–Crippen MR) is 86.0 cm³/mol. The van der Waals surface area contributed by atoms with Crippen molar-refractivity contribution in [2.75, 3.05) is 27.3 Å².